The number of azide groups is 1. The first kappa shape index (κ1) is 14.8. The topological polar surface area (TPSA) is 89.3 Å². The van der Waals surface area contributed by atoms with E-state index in [0.717, 1.165) is 19.4 Å². The zero-order valence-electron chi connectivity index (χ0n) is 11.2. The van der Waals surface area contributed by atoms with E-state index in [9.17, 15) is 4.79 Å². The quantitative estimate of drug-likeness (QED) is 0.427. The molecule has 0 radical (unpaired) electrons. The number of rotatable bonds is 7. The minimum atomic E-state index is -0.0761. The van der Waals surface area contributed by atoms with Crippen LogP contribution in [0.5, 0.6) is 0 Å². The largest absolute Gasteiger partial charge is 0.396 e. The molecule has 1 N–H and O–H groups in total. The van der Waals surface area contributed by atoms with Crippen molar-refractivity contribution >= 4 is 5.91 Å². The van der Waals surface area contributed by atoms with E-state index in [1.807, 2.05) is 18.7 Å². The molecule has 0 spiro atoms. The highest BCUT2D eigenvalue weighted by atomic mass is 16.3. The molecule has 1 atom stereocenters. The zero-order valence-corrected chi connectivity index (χ0v) is 11.2. The molecule has 0 aromatic carbocycles. The summed E-state index contributed by atoms with van der Waals surface area (Å²) in [6.45, 7) is 6.03. The zero-order chi connectivity index (χ0) is 13.6. The van der Waals surface area contributed by atoms with Crippen LogP contribution in [0.1, 0.15) is 33.1 Å². The Kier molecular flexibility index (Phi) is 5.44. The number of hydrogen-bond donors (Lipinski definition) is 1. The van der Waals surface area contributed by atoms with Gasteiger partial charge in [-0.15, -0.1) is 0 Å². The minimum absolute atomic E-state index is 0.0761. The molecule has 1 heterocycles. The number of carbonyl (C=O) groups is 1. The Bertz CT molecular complexity index is 337. The van der Waals surface area contributed by atoms with Crippen molar-refractivity contribution in [2.75, 3.05) is 26.2 Å². The second kappa shape index (κ2) is 6.61. The van der Waals surface area contributed by atoms with Gasteiger partial charge < -0.3 is 10.0 Å². The molecule has 1 rings (SSSR count). The summed E-state index contributed by atoms with van der Waals surface area (Å²) in [7, 11) is 0. The van der Waals surface area contributed by atoms with Crippen LogP contribution in [-0.2, 0) is 4.79 Å². The van der Waals surface area contributed by atoms with Gasteiger partial charge in [0.2, 0.25) is 5.91 Å². The monoisotopic (exact) mass is 254 g/mol. The van der Waals surface area contributed by atoms with Gasteiger partial charge in [-0.05, 0) is 29.7 Å². The van der Waals surface area contributed by atoms with Gasteiger partial charge in [-0.3, -0.25) is 4.79 Å². The summed E-state index contributed by atoms with van der Waals surface area (Å²) in [4.78, 5) is 16.3. The molecular weight excluding hydrogens is 232 g/mol. The summed E-state index contributed by atoms with van der Waals surface area (Å²) in [5.41, 5.74) is 8.18. The lowest BCUT2D eigenvalue weighted by atomic mass is 9.89. The normalized spacial score (nSPS) is 20.1. The van der Waals surface area contributed by atoms with Crippen molar-refractivity contribution in [2.24, 2.45) is 16.4 Å². The van der Waals surface area contributed by atoms with Crippen molar-refractivity contribution in [3.05, 3.63) is 10.4 Å². The maximum atomic E-state index is 11.7. The Hall–Kier alpha value is -1.26. The standard InChI is InChI=1S/C12H22N4O2/c1-12(2,9-17)4-3-5-16-8-10(6-11(16)18)7-14-15-13/h10,17H,3-9H2,1-2H3. The first-order valence-corrected chi connectivity index (χ1v) is 6.38. The second-order valence-electron chi connectivity index (χ2n) is 5.75. The highest BCUT2D eigenvalue weighted by molar-refractivity contribution is 5.78. The predicted molar refractivity (Wildman–Crippen MR) is 68.8 cm³/mol. The Morgan fingerprint density at radius 2 is 2.33 bits per heavy atom. The van der Waals surface area contributed by atoms with Crippen LogP contribution in [0.4, 0.5) is 0 Å². The lowest BCUT2D eigenvalue weighted by molar-refractivity contribution is -0.127. The van der Waals surface area contributed by atoms with Crippen LogP contribution in [0.15, 0.2) is 5.11 Å². The third-order valence-corrected chi connectivity index (χ3v) is 3.41. The van der Waals surface area contributed by atoms with E-state index in [2.05, 4.69) is 10.0 Å². The Balaban J connectivity index is 2.31. The van der Waals surface area contributed by atoms with E-state index < -0.39 is 0 Å². The molecule has 0 bridgehead atoms. The van der Waals surface area contributed by atoms with Gasteiger partial charge >= 0.3 is 0 Å². The fourth-order valence-corrected chi connectivity index (χ4v) is 2.17. The fourth-order valence-electron chi connectivity index (χ4n) is 2.17. The molecule has 1 fully saturated rings. The average Bonchev–Trinajstić information content (AvgIpc) is 2.67. The third-order valence-electron chi connectivity index (χ3n) is 3.41. The number of amides is 1. The molecule has 6 heteroatoms. The average molecular weight is 254 g/mol. The molecule has 0 saturated carbocycles. The Labute approximate surface area is 108 Å². The van der Waals surface area contributed by atoms with E-state index in [4.69, 9.17) is 10.6 Å². The first-order chi connectivity index (χ1) is 8.48. The van der Waals surface area contributed by atoms with E-state index in [0.29, 0.717) is 19.5 Å². The number of likely N-dealkylation sites (tertiary alicyclic amines) is 1. The maximum absolute atomic E-state index is 11.7. The van der Waals surface area contributed by atoms with Gasteiger partial charge in [0.15, 0.2) is 0 Å². The third kappa shape index (κ3) is 4.55. The first-order valence-electron chi connectivity index (χ1n) is 6.38. The van der Waals surface area contributed by atoms with Gasteiger partial charge in [0, 0.05) is 37.6 Å². The van der Waals surface area contributed by atoms with Gasteiger partial charge in [0.1, 0.15) is 0 Å². The van der Waals surface area contributed by atoms with Crippen molar-refractivity contribution in [1.29, 1.82) is 0 Å². The molecule has 0 aromatic heterocycles. The van der Waals surface area contributed by atoms with Crippen LogP contribution in [0.2, 0.25) is 0 Å². The second-order valence-corrected chi connectivity index (χ2v) is 5.75. The number of carbonyl (C=O) groups excluding carboxylic acids is 1. The number of aliphatic hydroxyl groups is 1. The lowest BCUT2D eigenvalue weighted by Crippen LogP contribution is -2.28. The van der Waals surface area contributed by atoms with Crippen molar-refractivity contribution in [2.45, 2.75) is 33.1 Å². The molecule has 1 aliphatic heterocycles. The highest BCUT2D eigenvalue weighted by Crippen LogP contribution is 2.23. The molecule has 1 saturated heterocycles. The van der Waals surface area contributed by atoms with Crippen LogP contribution in [0, 0.1) is 11.3 Å². The van der Waals surface area contributed by atoms with E-state index in [-0.39, 0.29) is 23.8 Å². The van der Waals surface area contributed by atoms with Crippen molar-refractivity contribution in [3.63, 3.8) is 0 Å². The van der Waals surface area contributed by atoms with E-state index >= 15 is 0 Å². The summed E-state index contributed by atoms with van der Waals surface area (Å²) >= 11 is 0. The predicted octanol–water partition coefficient (Wildman–Crippen LogP) is 1.94. The van der Waals surface area contributed by atoms with E-state index in [1.54, 1.807) is 0 Å². The maximum Gasteiger partial charge on any atom is 0.222 e. The smallest absolute Gasteiger partial charge is 0.222 e. The molecular formula is C12H22N4O2. The van der Waals surface area contributed by atoms with Crippen molar-refractivity contribution < 1.29 is 9.90 Å². The van der Waals surface area contributed by atoms with Gasteiger partial charge in [0.05, 0.1) is 0 Å². The van der Waals surface area contributed by atoms with Gasteiger partial charge in [-0.1, -0.05) is 19.0 Å². The Morgan fingerprint density at radius 3 is 2.94 bits per heavy atom. The van der Waals surface area contributed by atoms with Crippen LogP contribution in [0.25, 0.3) is 10.4 Å². The van der Waals surface area contributed by atoms with Crippen LogP contribution in [-0.4, -0.2) is 42.2 Å². The SMILES string of the molecule is CC(C)(CO)CCCN1CC(CN=[N+]=[N-])CC1=O. The van der Waals surface area contributed by atoms with Gasteiger partial charge in [0.25, 0.3) is 0 Å². The molecule has 0 aliphatic carbocycles. The minimum Gasteiger partial charge on any atom is -0.396 e. The van der Waals surface area contributed by atoms with Gasteiger partial charge in [-0.25, -0.2) is 0 Å². The summed E-state index contributed by atoms with van der Waals surface area (Å²) in [6, 6.07) is 0. The summed E-state index contributed by atoms with van der Waals surface area (Å²) in [6.07, 6.45) is 2.28. The fraction of sp³-hybridized carbons (Fsp3) is 0.917. The molecule has 6 nitrogen and oxygen atoms in total. The molecule has 1 amide bonds. The van der Waals surface area contributed by atoms with Crippen molar-refractivity contribution in [3.8, 4) is 0 Å². The molecule has 18 heavy (non-hydrogen) atoms. The summed E-state index contributed by atoms with van der Waals surface area (Å²) < 4.78 is 0. The molecule has 102 valence electrons. The highest BCUT2D eigenvalue weighted by Gasteiger charge is 2.28. The lowest BCUT2D eigenvalue weighted by Gasteiger charge is -2.23. The van der Waals surface area contributed by atoms with Gasteiger partial charge in [-0.2, -0.15) is 0 Å². The molecule has 1 unspecified atom stereocenters. The number of nitrogens with zero attached hydrogens (tertiary/aromatic N) is 4. The Morgan fingerprint density at radius 1 is 1.61 bits per heavy atom. The van der Waals surface area contributed by atoms with E-state index in [1.165, 1.54) is 0 Å². The summed E-state index contributed by atoms with van der Waals surface area (Å²) in [5, 5.41) is 12.7. The summed E-state index contributed by atoms with van der Waals surface area (Å²) in [5.74, 6) is 0.314. The number of aliphatic hydroxyl groups excluding tert-OH is 1. The molecule has 1 aliphatic rings. The molecule has 0 aromatic rings. The number of hydrogen-bond acceptors (Lipinski definition) is 3. The van der Waals surface area contributed by atoms with Crippen LogP contribution >= 0.6 is 0 Å². The van der Waals surface area contributed by atoms with Crippen molar-refractivity contribution in [1.82, 2.24) is 4.90 Å². The van der Waals surface area contributed by atoms with Crippen LogP contribution < -0.4 is 0 Å². The van der Waals surface area contributed by atoms with Crippen LogP contribution in [0.3, 0.4) is 0 Å².